The van der Waals surface area contributed by atoms with Crippen LogP contribution in [0.15, 0.2) is 16.0 Å². The fraction of sp³-hybridized carbons (Fsp3) is 0.400. The van der Waals surface area contributed by atoms with Crippen molar-refractivity contribution in [2.24, 2.45) is 0 Å². The van der Waals surface area contributed by atoms with Crippen molar-refractivity contribution in [2.45, 2.75) is 26.4 Å². The standard InChI is InChI=1S/C10H12N2O2S/c1-3-7(13)9-11-10(14-12-9)8-6(2)4-5-15-8/h4-5,7,13H,3H2,1-2H3. The molecule has 0 aliphatic rings. The van der Waals surface area contributed by atoms with Crippen LogP contribution in [0.4, 0.5) is 0 Å². The molecule has 4 nitrogen and oxygen atoms in total. The number of aryl methyl sites for hydroxylation is 1. The van der Waals surface area contributed by atoms with E-state index in [9.17, 15) is 5.11 Å². The zero-order chi connectivity index (χ0) is 10.8. The van der Waals surface area contributed by atoms with E-state index in [4.69, 9.17) is 4.52 Å². The summed E-state index contributed by atoms with van der Waals surface area (Å²) >= 11 is 1.56. The Morgan fingerprint density at radius 1 is 1.60 bits per heavy atom. The molecule has 0 fully saturated rings. The molecule has 0 aromatic carbocycles. The van der Waals surface area contributed by atoms with Crippen molar-refractivity contribution >= 4 is 11.3 Å². The van der Waals surface area contributed by atoms with Crippen LogP contribution < -0.4 is 0 Å². The molecule has 1 unspecified atom stereocenters. The summed E-state index contributed by atoms with van der Waals surface area (Å²) in [4.78, 5) is 5.14. The molecular weight excluding hydrogens is 212 g/mol. The predicted molar refractivity (Wildman–Crippen MR) is 57.6 cm³/mol. The Balaban J connectivity index is 2.32. The average Bonchev–Trinajstić information content (AvgIpc) is 2.84. The maximum Gasteiger partial charge on any atom is 0.268 e. The van der Waals surface area contributed by atoms with Gasteiger partial charge >= 0.3 is 0 Å². The summed E-state index contributed by atoms with van der Waals surface area (Å²) in [7, 11) is 0. The number of aliphatic hydroxyl groups is 1. The molecule has 0 aliphatic heterocycles. The minimum Gasteiger partial charge on any atom is -0.385 e. The van der Waals surface area contributed by atoms with Gasteiger partial charge in [-0.2, -0.15) is 4.98 Å². The van der Waals surface area contributed by atoms with E-state index in [-0.39, 0.29) is 0 Å². The Kier molecular flexibility index (Phi) is 2.83. The summed E-state index contributed by atoms with van der Waals surface area (Å²) in [5, 5.41) is 15.3. The van der Waals surface area contributed by atoms with Crippen molar-refractivity contribution in [3.8, 4) is 10.8 Å². The minimum atomic E-state index is -0.636. The van der Waals surface area contributed by atoms with Gasteiger partial charge in [0.15, 0.2) is 0 Å². The molecule has 2 heterocycles. The van der Waals surface area contributed by atoms with Gasteiger partial charge in [0.25, 0.3) is 5.89 Å². The Hall–Kier alpha value is -1.20. The maximum atomic E-state index is 9.53. The summed E-state index contributed by atoms with van der Waals surface area (Å²) in [5.41, 5.74) is 1.11. The van der Waals surface area contributed by atoms with Crippen LogP contribution in [0.2, 0.25) is 0 Å². The monoisotopic (exact) mass is 224 g/mol. The topological polar surface area (TPSA) is 59.2 Å². The van der Waals surface area contributed by atoms with Crippen LogP contribution in [-0.2, 0) is 0 Å². The van der Waals surface area contributed by atoms with Gasteiger partial charge in [-0.3, -0.25) is 0 Å². The fourth-order valence-electron chi connectivity index (χ4n) is 1.24. The molecule has 0 aliphatic carbocycles. The number of aliphatic hydroxyl groups excluding tert-OH is 1. The molecule has 2 aromatic rings. The van der Waals surface area contributed by atoms with Crippen LogP contribution in [-0.4, -0.2) is 15.2 Å². The molecule has 0 amide bonds. The van der Waals surface area contributed by atoms with Crippen molar-refractivity contribution in [3.05, 3.63) is 22.8 Å². The first kappa shape index (κ1) is 10.3. The second-order valence-corrected chi connectivity index (χ2v) is 4.23. The quantitative estimate of drug-likeness (QED) is 0.870. The van der Waals surface area contributed by atoms with E-state index in [0.29, 0.717) is 18.1 Å². The van der Waals surface area contributed by atoms with Gasteiger partial charge in [-0.15, -0.1) is 11.3 Å². The molecule has 1 atom stereocenters. The largest absolute Gasteiger partial charge is 0.385 e. The second kappa shape index (κ2) is 4.12. The molecule has 15 heavy (non-hydrogen) atoms. The van der Waals surface area contributed by atoms with E-state index in [1.165, 1.54) is 0 Å². The fourth-order valence-corrected chi connectivity index (χ4v) is 2.08. The van der Waals surface area contributed by atoms with Gasteiger partial charge in [0.2, 0.25) is 5.82 Å². The highest BCUT2D eigenvalue weighted by atomic mass is 32.1. The number of hydrogen-bond donors (Lipinski definition) is 1. The number of thiophene rings is 1. The van der Waals surface area contributed by atoms with E-state index in [1.807, 2.05) is 25.3 Å². The molecule has 2 rings (SSSR count). The number of hydrogen-bond acceptors (Lipinski definition) is 5. The van der Waals surface area contributed by atoms with Crippen LogP contribution in [0, 0.1) is 6.92 Å². The first-order valence-electron chi connectivity index (χ1n) is 4.78. The summed E-state index contributed by atoms with van der Waals surface area (Å²) in [6, 6.07) is 2.00. The number of rotatable bonds is 3. The Bertz CT molecular complexity index is 450. The highest BCUT2D eigenvalue weighted by molar-refractivity contribution is 7.13. The van der Waals surface area contributed by atoms with E-state index < -0.39 is 6.10 Å². The van der Waals surface area contributed by atoms with Gasteiger partial charge in [-0.1, -0.05) is 12.1 Å². The van der Waals surface area contributed by atoms with Gasteiger partial charge in [0, 0.05) is 0 Å². The molecule has 0 saturated heterocycles. The van der Waals surface area contributed by atoms with Crippen molar-refractivity contribution in [1.29, 1.82) is 0 Å². The van der Waals surface area contributed by atoms with Gasteiger partial charge in [-0.25, -0.2) is 0 Å². The average molecular weight is 224 g/mol. The molecule has 80 valence electrons. The Morgan fingerprint density at radius 2 is 2.40 bits per heavy atom. The van der Waals surface area contributed by atoms with Crippen LogP contribution in [0.1, 0.15) is 30.8 Å². The lowest BCUT2D eigenvalue weighted by Gasteiger charge is -1.97. The van der Waals surface area contributed by atoms with Gasteiger partial charge in [-0.05, 0) is 30.4 Å². The Labute approximate surface area is 91.6 Å². The van der Waals surface area contributed by atoms with Crippen LogP contribution in [0.5, 0.6) is 0 Å². The lowest BCUT2D eigenvalue weighted by atomic mass is 10.2. The van der Waals surface area contributed by atoms with E-state index >= 15 is 0 Å². The van der Waals surface area contributed by atoms with Crippen molar-refractivity contribution in [2.75, 3.05) is 0 Å². The smallest absolute Gasteiger partial charge is 0.268 e. The molecule has 5 heteroatoms. The summed E-state index contributed by atoms with van der Waals surface area (Å²) in [6.45, 7) is 3.86. The lowest BCUT2D eigenvalue weighted by molar-refractivity contribution is 0.159. The zero-order valence-corrected chi connectivity index (χ0v) is 9.41. The highest BCUT2D eigenvalue weighted by Gasteiger charge is 2.16. The first-order chi connectivity index (χ1) is 7.22. The van der Waals surface area contributed by atoms with Crippen molar-refractivity contribution in [3.63, 3.8) is 0 Å². The Morgan fingerprint density at radius 3 is 3.00 bits per heavy atom. The molecule has 0 bridgehead atoms. The van der Waals surface area contributed by atoms with Crippen molar-refractivity contribution < 1.29 is 9.63 Å². The molecule has 0 spiro atoms. The lowest BCUT2D eigenvalue weighted by Crippen LogP contribution is -1.97. The van der Waals surface area contributed by atoms with Gasteiger partial charge < -0.3 is 9.63 Å². The summed E-state index contributed by atoms with van der Waals surface area (Å²) < 4.78 is 5.10. The van der Waals surface area contributed by atoms with Gasteiger partial charge in [0.05, 0.1) is 4.88 Å². The third-order valence-electron chi connectivity index (χ3n) is 2.18. The summed E-state index contributed by atoms with van der Waals surface area (Å²) in [6.07, 6.45) is -0.0506. The van der Waals surface area contributed by atoms with Gasteiger partial charge in [0.1, 0.15) is 6.10 Å². The molecular formula is C10H12N2O2S. The molecule has 1 N–H and O–H groups in total. The molecule has 2 aromatic heterocycles. The van der Waals surface area contributed by atoms with Crippen molar-refractivity contribution in [1.82, 2.24) is 10.1 Å². The SMILES string of the molecule is CCC(O)c1noc(-c2sccc2C)n1. The van der Waals surface area contributed by atoms with Crippen LogP contribution in [0.3, 0.4) is 0 Å². The summed E-state index contributed by atoms with van der Waals surface area (Å²) in [5.74, 6) is 0.852. The zero-order valence-electron chi connectivity index (χ0n) is 8.60. The maximum absolute atomic E-state index is 9.53. The van der Waals surface area contributed by atoms with E-state index in [0.717, 1.165) is 10.4 Å². The van der Waals surface area contributed by atoms with E-state index in [1.54, 1.807) is 11.3 Å². The van der Waals surface area contributed by atoms with Crippen LogP contribution >= 0.6 is 11.3 Å². The molecule has 0 saturated carbocycles. The second-order valence-electron chi connectivity index (χ2n) is 3.31. The predicted octanol–water partition coefficient (Wildman–Crippen LogP) is 2.55. The van der Waals surface area contributed by atoms with Crippen LogP contribution in [0.25, 0.3) is 10.8 Å². The molecule has 0 radical (unpaired) electrons. The normalized spacial score (nSPS) is 13.0. The highest BCUT2D eigenvalue weighted by Crippen LogP contribution is 2.28. The third-order valence-corrected chi connectivity index (χ3v) is 3.19. The number of aromatic nitrogens is 2. The number of nitrogens with zero attached hydrogens (tertiary/aromatic N) is 2. The minimum absolute atomic E-state index is 0.361. The first-order valence-corrected chi connectivity index (χ1v) is 5.66. The third kappa shape index (κ3) is 1.93. The van der Waals surface area contributed by atoms with E-state index in [2.05, 4.69) is 10.1 Å².